The molecule has 0 radical (unpaired) electrons. The number of benzene rings is 1. The summed E-state index contributed by atoms with van der Waals surface area (Å²) in [5.41, 5.74) is -1.11. The summed E-state index contributed by atoms with van der Waals surface area (Å²) in [4.78, 5) is 23.8. The molecule has 3 nitrogen and oxygen atoms in total. The fourth-order valence-corrected chi connectivity index (χ4v) is 1.55. The van der Waals surface area contributed by atoms with Gasteiger partial charge in [0.1, 0.15) is 11.2 Å². The van der Waals surface area contributed by atoms with E-state index in [1.165, 1.54) is 0 Å². The zero-order valence-corrected chi connectivity index (χ0v) is 10.7. The van der Waals surface area contributed by atoms with Gasteiger partial charge >= 0.3 is 5.97 Å². The van der Waals surface area contributed by atoms with Crippen LogP contribution in [0.4, 0.5) is 0 Å². The van der Waals surface area contributed by atoms with Crippen molar-refractivity contribution < 1.29 is 14.3 Å². The summed E-state index contributed by atoms with van der Waals surface area (Å²) in [6, 6.07) is 8.77. The number of ether oxygens (including phenoxy) is 1. The van der Waals surface area contributed by atoms with Crippen molar-refractivity contribution in [2.75, 3.05) is 0 Å². The number of Topliss-reactive ketones (excluding diaryl/α,β-unsaturated/α-hetero) is 1. The van der Waals surface area contributed by atoms with Gasteiger partial charge in [0.2, 0.25) is 0 Å². The van der Waals surface area contributed by atoms with E-state index in [0.717, 1.165) is 0 Å². The van der Waals surface area contributed by atoms with Gasteiger partial charge in [-0.05, 0) is 26.0 Å². The number of hydrogen-bond donors (Lipinski definition) is 0. The average Bonchev–Trinajstić information content (AvgIpc) is 2.29. The summed E-state index contributed by atoms with van der Waals surface area (Å²) in [5.74, 6) is -0.351. The van der Waals surface area contributed by atoms with Gasteiger partial charge in [0.15, 0.2) is 5.78 Å². The molecule has 17 heavy (non-hydrogen) atoms. The van der Waals surface area contributed by atoms with Gasteiger partial charge in [-0.3, -0.25) is 9.59 Å². The molecule has 3 heteroatoms. The van der Waals surface area contributed by atoms with Gasteiger partial charge in [-0.15, -0.1) is 0 Å². The molecular weight excluding hydrogens is 216 g/mol. The van der Waals surface area contributed by atoms with E-state index < -0.39 is 11.4 Å². The van der Waals surface area contributed by atoms with E-state index in [-0.39, 0.29) is 11.7 Å². The lowest BCUT2D eigenvalue weighted by molar-refractivity contribution is -0.151. The number of carbonyl (C=O) groups excluding carboxylic acids is 2. The van der Waals surface area contributed by atoms with Gasteiger partial charge in [-0.25, -0.2) is 0 Å². The second-order valence-electron chi connectivity index (χ2n) is 4.85. The zero-order chi connectivity index (χ0) is 13.1. The van der Waals surface area contributed by atoms with Crippen LogP contribution >= 0.6 is 0 Å². The van der Waals surface area contributed by atoms with Gasteiger partial charge in [0.05, 0.1) is 0 Å². The monoisotopic (exact) mass is 234 g/mol. The molecule has 0 aliphatic carbocycles. The van der Waals surface area contributed by atoms with Gasteiger partial charge in [0, 0.05) is 5.92 Å². The number of ketones is 1. The molecule has 1 aromatic rings. The van der Waals surface area contributed by atoms with Crippen LogP contribution in [-0.2, 0) is 9.59 Å². The van der Waals surface area contributed by atoms with Crippen molar-refractivity contribution in [1.82, 2.24) is 0 Å². The minimum absolute atomic E-state index is 0.113. The van der Waals surface area contributed by atoms with E-state index in [9.17, 15) is 9.59 Å². The number of esters is 1. The summed E-state index contributed by atoms with van der Waals surface area (Å²) >= 11 is 0. The van der Waals surface area contributed by atoms with Crippen molar-refractivity contribution in [3.63, 3.8) is 0 Å². The topological polar surface area (TPSA) is 43.4 Å². The van der Waals surface area contributed by atoms with E-state index in [1.807, 2.05) is 6.07 Å². The predicted octanol–water partition coefficient (Wildman–Crippen LogP) is 2.84. The first kappa shape index (κ1) is 13.4. The standard InChI is InChI=1S/C14H18O3/c1-10(2)12(15)14(3,4)13(16)17-11-8-6-5-7-9-11/h5-10H,1-4H3. The van der Waals surface area contributed by atoms with E-state index >= 15 is 0 Å². The van der Waals surface area contributed by atoms with Crippen molar-refractivity contribution >= 4 is 11.8 Å². The lowest BCUT2D eigenvalue weighted by atomic mass is 9.82. The van der Waals surface area contributed by atoms with Crippen LogP contribution in [-0.4, -0.2) is 11.8 Å². The highest BCUT2D eigenvalue weighted by atomic mass is 16.5. The third kappa shape index (κ3) is 3.16. The Balaban J connectivity index is 2.80. The van der Waals surface area contributed by atoms with Crippen LogP contribution in [0.15, 0.2) is 30.3 Å². The second kappa shape index (κ2) is 5.13. The molecule has 0 atom stereocenters. The first-order valence-corrected chi connectivity index (χ1v) is 5.67. The minimum Gasteiger partial charge on any atom is -0.426 e. The summed E-state index contributed by atoms with van der Waals surface area (Å²) < 4.78 is 5.19. The quantitative estimate of drug-likeness (QED) is 0.457. The van der Waals surface area contributed by atoms with E-state index in [4.69, 9.17) is 4.74 Å². The molecule has 0 N–H and O–H groups in total. The summed E-state index contributed by atoms with van der Waals surface area (Å²) in [6.45, 7) is 6.75. The Morgan fingerprint density at radius 3 is 2.12 bits per heavy atom. The molecule has 0 saturated heterocycles. The maximum Gasteiger partial charge on any atom is 0.324 e. The zero-order valence-electron chi connectivity index (χ0n) is 10.7. The number of hydrogen-bond acceptors (Lipinski definition) is 3. The Morgan fingerprint density at radius 2 is 1.65 bits per heavy atom. The third-order valence-electron chi connectivity index (χ3n) is 2.60. The van der Waals surface area contributed by atoms with Crippen molar-refractivity contribution in [2.24, 2.45) is 11.3 Å². The van der Waals surface area contributed by atoms with Crippen LogP contribution in [0, 0.1) is 11.3 Å². The molecule has 0 amide bonds. The first-order chi connectivity index (χ1) is 7.85. The van der Waals surface area contributed by atoms with Crippen LogP contribution in [0.3, 0.4) is 0 Å². The summed E-state index contributed by atoms with van der Waals surface area (Å²) in [5, 5.41) is 0. The molecule has 0 heterocycles. The molecule has 0 aliphatic rings. The van der Waals surface area contributed by atoms with Gasteiger partial charge in [0.25, 0.3) is 0 Å². The average molecular weight is 234 g/mol. The minimum atomic E-state index is -1.11. The van der Waals surface area contributed by atoms with Gasteiger partial charge in [-0.1, -0.05) is 32.0 Å². The fraction of sp³-hybridized carbons (Fsp3) is 0.429. The maximum atomic E-state index is 11.9. The van der Waals surface area contributed by atoms with Crippen LogP contribution < -0.4 is 4.74 Å². The highest BCUT2D eigenvalue weighted by Gasteiger charge is 2.38. The Hall–Kier alpha value is -1.64. The van der Waals surface area contributed by atoms with Crippen molar-refractivity contribution in [2.45, 2.75) is 27.7 Å². The molecule has 0 aliphatic heterocycles. The molecule has 92 valence electrons. The van der Waals surface area contributed by atoms with Crippen LogP contribution in [0.5, 0.6) is 5.75 Å². The van der Waals surface area contributed by atoms with Crippen LogP contribution in [0.1, 0.15) is 27.7 Å². The highest BCUT2D eigenvalue weighted by Crippen LogP contribution is 2.24. The molecule has 0 fully saturated rings. The van der Waals surface area contributed by atoms with E-state index in [2.05, 4.69) is 0 Å². The molecular formula is C14H18O3. The molecule has 1 aromatic carbocycles. The number of rotatable bonds is 4. The predicted molar refractivity (Wildman–Crippen MR) is 65.7 cm³/mol. The SMILES string of the molecule is CC(C)C(=O)C(C)(C)C(=O)Oc1ccccc1. The third-order valence-corrected chi connectivity index (χ3v) is 2.60. The Kier molecular flexibility index (Phi) is 4.05. The van der Waals surface area contributed by atoms with Crippen molar-refractivity contribution in [3.8, 4) is 5.75 Å². The Labute approximate surface area is 102 Å². The maximum absolute atomic E-state index is 11.9. The van der Waals surface area contributed by atoms with Crippen molar-refractivity contribution in [3.05, 3.63) is 30.3 Å². The second-order valence-corrected chi connectivity index (χ2v) is 4.85. The smallest absolute Gasteiger partial charge is 0.324 e. The highest BCUT2D eigenvalue weighted by molar-refractivity contribution is 6.04. The molecule has 0 bridgehead atoms. The molecule has 0 aromatic heterocycles. The molecule has 0 saturated carbocycles. The molecule has 1 rings (SSSR count). The Morgan fingerprint density at radius 1 is 1.12 bits per heavy atom. The fourth-order valence-electron chi connectivity index (χ4n) is 1.55. The lowest BCUT2D eigenvalue weighted by Gasteiger charge is -2.22. The molecule has 0 unspecified atom stereocenters. The number of carbonyl (C=O) groups is 2. The largest absolute Gasteiger partial charge is 0.426 e. The normalized spacial score (nSPS) is 11.4. The van der Waals surface area contributed by atoms with Crippen molar-refractivity contribution in [1.29, 1.82) is 0 Å². The molecule has 0 spiro atoms. The van der Waals surface area contributed by atoms with Gasteiger partial charge in [-0.2, -0.15) is 0 Å². The summed E-state index contributed by atoms with van der Waals surface area (Å²) in [6.07, 6.45) is 0. The Bertz CT molecular complexity index is 405. The first-order valence-electron chi connectivity index (χ1n) is 5.67. The van der Waals surface area contributed by atoms with Gasteiger partial charge < -0.3 is 4.74 Å². The van der Waals surface area contributed by atoms with Crippen LogP contribution in [0.25, 0.3) is 0 Å². The van der Waals surface area contributed by atoms with E-state index in [1.54, 1.807) is 52.0 Å². The van der Waals surface area contributed by atoms with Crippen LogP contribution in [0.2, 0.25) is 0 Å². The number of para-hydroxylation sites is 1. The lowest BCUT2D eigenvalue weighted by Crippen LogP contribution is -2.39. The van der Waals surface area contributed by atoms with E-state index in [0.29, 0.717) is 5.75 Å². The summed E-state index contributed by atoms with van der Waals surface area (Å²) in [7, 11) is 0.